The highest BCUT2D eigenvalue weighted by Crippen LogP contribution is 2.26. The van der Waals surface area contributed by atoms with Gasteiger partial charge in [-0.3, -0.25) is 4.98 Å². The van der Waals surface area contributed by atoms with Crippen molar-refractivity contribution in [1.29, 1.82) is 0 Å². The number of pyridine rings is 1. The van der Waals surface area contributed by atoms with Crippen molar-refractivity contribution in [1.82, 2.24) is 15.0 Å². The maximum absolute atomic E-state index is 10.6. The van der Waals surface area contributed by atoms with Gasteiger partial charge in [0.1, 0.15) is 5.82 Å². The van der Waals surface area contributed by atoms with E-state index in [4.69, 9.17) is 15.6 Å². The van der Waals surface area contributed by atoms with Crippen LogP contribution < -0.4 is 5.73 Å². The van der Waals surface area contributed by atoms with E-state index in [1.165, 1.54) is 0 Å². The second kappa shape index (κ2) is 7.12. The lowest BCUT2D eigenvalue weighted by molar-refractivity contribution is -0.192. The predicted octanol–water partition coefficient (Wildman–Crippen LogP) is 3.22. The maximum Gasteiger partial charge on any atom is 0.490 e. The van der Waals surface area contributed by atoms with Crippen molar-refractivity contribution in [2.45, 2.75) is 13.1 Å². The number of anilines is 1. The Morgan fingerprint density at radius 3 is 2.48 bits per heavy atom. The molecule has 0 spiro atoms. The molecule has 9 heteroatoms. The van der Waals surface area contributed by atoms with Crippen LogP contribution in [-0.2, 0) is 4.79 Å². The summed E-state index contributed by atoms with van der Waals surface area (Å²) in [5.41, 5.74) is 7.70. The van der Waals surface area contributed by atoms with Gasteiger partial charge in [0.25, 0.3) is 0 Å². The van der Waals surface area contributed by atoms with Crippen molar-refractivity contribution >= 4 is 22.6 Å². The smallest absolute Gasteiger partial charge is 0.475 e. The van der Waals surface area contributed by atoms with Crippen LogP contribution in [0.2, 0.25) is 0 Å². The SMILES string of the molecule is Cc1cnc(-c2cccc3cnccc23)nc1N.O=C(O)C(F)(F)F. The zero-order valence-corrected chi connectivity index (χ0v) is 12.9. The highest BCUT2D eigenvalue weighted by molar-refractivity contribution is 5.94. The van der Waals surface area contributed by atoms with Crippen molar-refractivity contribution in [2.75, 3.05) is 5.73 Å². The average molecular weight is 350 g/mol. The lowest BCUT2D eigenvalue weighted by Crippen LogP contribution is -2.21. The standard InChI is InChI=1S/C14H12N4.C2HF3O2/c1-9-7-17-14(18-13(9)15)12-4-2-3-10-8-16-6-5-11(10)12;3-2(4,5)1(6)7/h2-8H,1H3,(H2,15,17,18);(H,6,7). The number of nitrogens with zero attached hydrogens (tertiary/aromatic N) is 3. The summed E-state index contributed by atoms with van der Waals surface area (Å²) in [4.78, 5) is 21.7. The Morgan fingerprint density at radius 2 is 1.88 bits per heavy atom. The summed E-state index contributed by atoms with van der Waals surface area (Å²) < 4.78 is 31.7. The van der Waals surface area contributed by atoms with Gasteiger partial charge in [-0.25, -0.2) is 14.8 Å². The molecule has 0 saturated heterocycles. The second-order valence-electron chi connectivity index (χ2n) is 4.97. The molecule has 0 radical (unpaired) electrons. The largest absolute Gasteiger partial charge is 0.490 e. The summed E-state index contributed by atoms with van der Waals surface area (Å²) in [5.74, 6) is -1.59. The molecule has 130 valence electrons. The molecule has 0 bridgehead atoms. The number of carboxylic acid groups (broad SMARTS) is 1. The Labute approximate surface area is 140 Å². The lowest BCUT2D eigenvalue weighted by Gasteiger charge is -2.06. The Bertz CT molecular complexity index is 908. The van der Waals surface area contributed by atoms with Crippen LogP contribution in [0.3, 0.4) is 0 Å². The van der Waals surface area contributed by atoms with Crippen LogP contribution in [0.4, 0.5) is 19.0 Å². The second-order valence-corrected chi connectivity index (χ2v) is 4.97. The molecule has 3 aromatic rings. The van der Waals surface area contributed by atoms with E-state index in [0.29, 0.717) is 11.6 Å². The van der Waals surface area contributed by atoms with Crippen molar-refractivity contribution in [2.24, 2.45) is 0 Å². The van der Waals surface area contributed by atoms with Gasteiger partial charge in [-0.15, -0.1) is 0 Å². The minimum atomic E-state index is -5.08. The Balaban J connectivity index is 0.000000277. The summed E-state index contributed by atoms with van der Waals surface area (Å²) in [6, 6.07) is 7.94. The number of alkyl halides is 3. The van der Waals surface area contributed by atoms with E-state index in [-0.39, 0.29) is 0 Å². The first-order valence-corrected chi connectivity index (χ1v) is 6.92. The van der Waals surface area contributed by atoms with Crippen LogP contribution in [0.5, 0.6) is 0 Å². The minimum absolute atomic E-state index is 0.519. The van der Waals surface area contributed by atoms with Gasteiger partial charge >= 0.3 is 12.1 Å². The van der Waals surface area contributed by atoms with Crippen molar-refractivity contribution in [3.8, 4) is 11.4 Å². The summed E-state index contributed by atoms with van der Waals surface area (Å²) >= 11 is 0. The predicted molar refractivity (Wildman–Crippen MR) is 85.6 cm³/mol. The Hall–Kier alpha value is -3.23. The first-order chi connectivity index (χ1) is 11.7. The van der Waals surface area contributed by atoms with Crippen LogP contribution in [-0.4, -0.2) is 32.2 Å². The van der Waals surface area contributed by atoms with Crippen LogP contribution in [0.25, 0.3) is 22.2 Å². The number of fused-ring (bicyclic) bond motifs is 1. The molecule has 25 heavy (non-hydrogen) atoms. The van der Waals surface area contributed by atoms with Gasteiger partial charge in [-0.1, -0.05) is 18.2 Å². The van der Waals surface area contributed by atoms with Crippen molar-refractivity contribution in [3.05, 3.63) is 48.4 Å². The molecule has 0 saturated carbocycles. The highest BCUT2D eigenvalue weighted by atomic mass is 19.4. The molecule has 0 unspecified atom stereocenters. The number of carbonyl (C=O) groups is 1. The quantitative estimate of drug-likeness (QED) is 0.699. The number of hydrogen-bond donors (Lipinski definition) is 2. The van der Waals surface area contributed by atoms with Gasteiger partial charge in [0.15, 0.2) is 5.82 Å². The fourth-order valence-electron chi connectivity index (χ4n) is 1.90. The topological polar surface area (TPSA) is 102 Å². The number of aromatic nitrogens is 3. The molecule has 6 nitrogen and oxygen atoms in total. The third-order valence-corrected chi connectivity index (χ3v) is 3.18. The van der Waals surface area contributed by atoms with Gasteiger partial charge < -0.3 is 10.8 Å². The molecule has 3 N–H and O–H groups in total. The number of nitrogens with two attached hydrogens (primary N) is 1. The molecule has 1 aromatic carbocycles. The number of aliphatic carboxylic acids is 1. The van der Waals surface area contributed by atoms with E-state index in [0.717, 1.165) is 21.9 Å². The summed E-state index contributed by atoms with van der Waals surface area (Å²) in [5, 5.41) is 9.27. The molecule has 0 fully saturated rings. The third kappa shape index (κ3) is 4.40. The van der Waals surface area contributed by atoms with Crippen LogP contribution >= 0.6 is 0 Å². The monoisotopic (exact) mass is 350 g/mol. The molecule has 2 aromatic heterocycles. The van der Waals surface area contributed by atoms with E-state index in [2.05, 4.69) is 15.0 Å². The van der Waals surface area contributed by atoms with Gasteiger partial charge in [0.2, 0.25) is 0 Å². The van der Waals surface area contributed by atoms with E-state index >= 15 is 0 Å². The molecule has 2 heterocycles. The first-order valence-electron chi connectivity index (χ1n) is 6.92. The number of benzene rings is 1. The van der Waals surface area contributed by atoms with E-state index in [1.807, 2.05) is 37.4 Å². The molecular weight excluding hydrogens is 337 g/mol. The fourth-order valence-corrected chi connectivity index (χ4v) is 1.90. The number of carboxylic acids is 1. The number of halogens is 3. The summed E-state index contributed by atoms with van der Waals surface area (Å²) in [6.07, 6.45) is 0.261. The van der Waals surface area contributed by atoms with Gasteiger partial charge in [0.05, 0.1) is 0 Å². The fraction of sp³-hybridized carbons (Fsp3) is 0.125. The van der Waals surface area contributed by atoms with Gasteiger partial charge in [0, 0.05) is 35.1 Å². The number of nitrogen functional groups attached to an aromatic ring is 1. The first kappa shape index (κ1) is 18.1. The zero-order valence-electron chi connectivity index (χ0n) is 12.9. The number of hydrogen-bond acceptors (Lipinski definition) is 5. The summed E-state index contributed by atoms with van der Waals surface area (Å²) in [6.45, 7) is 1.89. The van der Waals surface area contributed by atoms with Crippen molar-refractivity contribution in [3.63, 3.8) is 0 Å². The molecule has 3 rings (SSSR count). The van der Waals surface area contributed by atoms with E-state index < -0.39 is 12.1 Å². The average Bonchev–Trinajstić information content (AvgIpc) is 2.56. The van der Waals surface area contributed by atoms with Crippen LogP contribution in [0.1, 0.15) is 5.56 Å². The van der Waals surface area contributed by atoms with E-state index in [1.54, 1.807) is 12.4 Å². The normalized spacial score (nSPS) is 10.9. The van der Waals surface area contributed by atoms with Gasteiger partial charge in [-0.05, 0) is 18.4 Å². The molecule has 0 amide bonds. The molecule has 0 aliphatic rings. The number of aryl methyl sites for hydroxylation is 1. The summed E-state index contributed by atoms with van der Waals surface area (Å²) in [7, 11) is 0. The maximum atomic E-state index is 10.6. The Kier molecular flexibility index (Phi) is 5.16. The zero-order chi connectivity index (χ0) is 18.6. The highest BCUT2D eigenvalue weighted by Gasteiger charge is 2.38. The minimum Gasteiger partial charge on any atom is -0.475 e. The molecule has 0 aliphatic carbocycles. The van der Waals surface area contributed by atoms with Crippen LogP contribution in [0, 0.1) is 6.92 Å². The molecular formula is C16H13F3N4O2. The van der Waals surface area contributed by atoms with E-state index in [9.17, 15) is 13.2 Å². The van der Waals surface area contributed by atoms with Crippen LogP contribution in [0.15, 0.2) is 42.9 Å². The lowest BCUT2D eigenvalue weighted by atomic mass is 10.1. The van der Waals surface area contributed by atoms with Crippen molar-refractivity contribution < 1.29 is 23.1 Å². The third-order valence-electron chi connectivity index (χ3n) is 3.18. The van der Waals surface area contributed by atoms with Gasteiger partial charge in [-0.2, -0.15) is 13.2 Å². The molecule has 0 aliphatic heterocycles. The number of rotatable bonds is 1. The Morgan fingerprint density at radius 1 is 1.20 bits per heavy atom. The molecule has 0 atom stereocenters.